The average Bonchev–Trinajstić information content (AvgIpc) is 3.93. The molecule has 4 heterocycles. The monoisotopic (exact) mass is 676 g/mol. The normalized spacial score (nSPS) is 23.8. The smallest absolute Gasteiger partial charge is 0.262 e. The molecule has 4 N–H and O–H groups in total. The highest BCUT2D eigenvalue weighted by Gasteiger charge is 2.44. The first kappa shape index (κ1) is 32.1. The number of ether oxygens (including phenoxy) is 1. The van der Waals surface area contributed by atoms with Gasteiger partial charge in [-0.2, -0.15) is 0 Å². The van der Waals surface area contributed by atoms with E-state index in [1.807, 2.05) is 18.3 Å². The minimum absolute atomic E-state index is 0.0890. The minimum atomic E-state index is -0.976. The summed E-state index contributed by atoms with van der Waals surface area (Å²) in [5.74, 6) is -1.23. The second-order valence-corrected chi connectivity index (χ2v) is 13.9. The van der Waals surface area contributed by atoms with Gasteiger partial charge in [0.15, 0.2) is 0 Å². The molecule has 258 valence electrons. The van der Waals surface area contributed by atoms with Crippen molar-refractivity contribution in [1.82, 2.24) is 25.5 Å². The van der Waals surface area contributed by atoms with Crippen LogP contribution in [0.1, 0.15) is 71.4 Å². The van der Waals surface area contributed by atoms with Gasteiger partial charge in [-0.25, -0.2) is 4.98 Å². The molecular formula is C37H40N8O5. The summed E-state index contributed by atoms with van der Waals surface area (Å²) in [6.45, 7) is 3.76. The molecule has 0 spiro atoms. The summed E-state index contributed by atoms with van der Waals surface area (Å²) in [5.41, 5.74) is 6.18. The van der Waals surface area contributed by atoms with Gasteiger partial charge in [0.25, 0.3) is 11.8 Å². The van der Waals surface area contributed by atoms with Crippen molar-refractivity contribution in [1.29, 1.82) is 5.41 Å². The minimum Gasteiger partial charge on any atom is -0.388 e. The van der Waals surface area contributed by atoms with Gasteiger partial charge in [-0.1, -0.05) is 6.07 Å². The molecule has 1 atom stereocenters. The third-order valence-electron chi connectivity index (χ3n) is 10.5. The fraction of sp³-hybridized carbons (Fsp3) is 0.432. The van der Waals surface area contributed by atoms with Gasteiger partial charge in [-0.15, -0.1) is 0 Å². The maximum absolute atomic E-state index is 13.1. The molecule has 4 fully saturated rings. The van der Waals surface area contributed by atoms with Crippen LogP contribution in [-0.4, -0.2) is 89.1 Å². The first-order chi connectivity index (χ1) is 24.3. The van der Waals surface area contributed by atoms with E-state index in [1.165, 1.54) is 0 Å². The van der Waals surface area contributed by atoms with E-state index >= 15 is 0 Å². The lowest BCUT2D eigenvalue weighted by Gasteiger charge is -2.36. The van der Waals surface area contributed by atoms with Crippen molar-refractivity contribution in [3.63, 3.8) is 0 Å². The Balaban J connectivity index is 0.862. The molecule has 13 nitrogen and oxygen atoms in total. The van der Waals surface area contributed by atoms with Crippen LogP contribution in [0.25, 0.3) is 16.6 Å². The van der Waals surface area contributed by atoms with Gasteiger partial charge in [0.1, 0.15) is 11.6 Å². The van der Waals surface area contributed by atoms with E-state index in [9.17, 15) is 19.2 Å². The summed E-state index contributed by atoms with van der Waals surface area (Å²) in [6.07, 6.45) is 9.02. The number of carbonyl (C=O) groups is 4. The molecule has 2 aromatic carbocycles. The Labute approximate surface area is 289 Å². The number of aromatic nitrogens is 2. The Morgan fingerprint density at radius 2 is 1.82 bits per heavy atom. The summed E-state index contributed by atoms with van der Waals surface area (Å²) in [6, 6.07) is 10.5. The summed E-state index contributed by atoms with van der Waals surface area (Å²) in [5, 5.41) is 18.1. The maximum atomic E-state index is 13.1. The second kappa shape index (κ2) is 13.3. The summed E-state index contributed by atoms with van der Waals surface area (Å²) < 4.78 is 5.53. The van der Waals surface area contributed by atoms with E-state index < -0.39 is 29.7 Å². The van der Waals surface area contributed by atoms with Gasteiger partial charge in [0.05, 0.1) is 47.4 Å². The molecule has 5 aliphatic rings. The number of anilines is 2. The van der Waals surface area contributed by atoms with Crippen molar-refractivity contribution in [3.8, 4) is 0 Å². The molecule has 8 rings (SSSR count). The van der Waals surface area contributed by atoms with E-state index in [-0.39, 0.29) is 29.9 Å². The number of carbonyl (C=O) groups excluding carboxylic acids is 4. The molecule has 2 saturated heterocycles. The Morgan fingerprint density at radius 1 is 1.02 bits per heavy atom. The lowest BCUT2D eigenvalue weighted by atomic mass is 9.78. The topological polar surface area (TPSA) is 170 Å². The standard InChI is InChI=1S/C37H40N8O5/c38-33(22-4-5-22)27(29-20-41-34-28(42-29)2-1-3-30(34)44-12-14-50-15-13-44)19-40-24-16-21(17-24)10-11-39-23-6-7-25-26(18-23)37(49)45(36(25)48)31-8-9-32(46)43-35(31)47/h1-3,6-7,18-22,24,31,38-40H,4-5,8-17H2,(H,43,46,47)/b27-19-,38-33?. The second-order valence-electron chi connectivity index (χ2n) is 13.9. The number of nitrogens with zero attached hydrogens (tertiary/aromatic N) is 4. The molecule has 1 aromatic heterocycles. The van der Waals surface area contributed by atoms with Crippen LogP contribution < -0.4 is 20.9 Å². The van der Waals surface area contributed by atoms with Gasteiger partial charge in [0.2, 0.25) is 11.8 Å². The van der Waals surface area contributed by atoms with E-state index in [4.69, 9.17) is 20.1 Å². The molecule has 3 aromatic rings. The van der Waals surface area contributed by atoms with Crippen LogP contribution in [0.3, 0.4) is 0 Å². The van der Waals surface area contributed by atoms with Crippen LogP contribution in [0.2, 0.25) is 0 Å². The lowest BCUT2D eigenvalue weighted by molar-refractivity contribution is -0.136. The summed E-state index contributed by atoms with van der Waals surface area (Å²) in [7, 11) is 0. The molecular weight excluding hydrogens is 636 g/mol. The first-order valence-corrected chi connectivity index (χ1v) is 17.6. The predicted molar refractivity (Wildman–Crippen MR) is 187 cm³/mol. The third kappa shape index (κ3) is 6.21. The van der Waals surface area contributed by atoms with Crippen molar-refractivity contribution in [3.05, 3.63) is 65.6 Å². The van der Waals surface area contributed by atoms with Crippen molar-refractivity contribution in [2.45, 2.75) is 57.0 Å². The molecule has 4 amide bonds. The lowest BCUT2D eigenvalue weighted by Crippen LogP contribution is -2.54. The molecule has 1 unspecified atom stereocenters. The predicted octanol–water partition coefficient (Wildman–Crippen LogP) is 3.51. The average molecular weight is 677 g/mol. The van der Waals surface area contributed by atoms with Crippen LogP contribution in [0.5, 0.6) is 0 Å². The molecule has 2 aliphatic carbocycles. The largest absolute Gasteiger partial charge is 0.388 e. The van der Waals surface area contributed by atoms with Crippen molar-refractivity contribution >= 4 is 57.3 Å². The summed E-state index contributed by atoms with van der Waals surface area (Å²) >= 11 is 0. The van der Waals surface area contributed by atoms with Gasteiger partial charge in [0, 0.05) is 61.2 Å². The van der Waals surface area contributed by atoms with E-state index in [0.29, 0.717) is 37.4 Å². The van der Waals surface area contributed by atoms with Gasteiger partial charge >= 0.3 is 0 Å². The van der Waals surface area contributed by atoms with Crippen LogP contribution in [-0.2, 0) is 14.3 Å². The molecule has 0 radical (unpaired) electrons. The number of nitrogens with one attached hydrogen (secondary N) is 4. The van der Waals surface area contributed by atoms with Crippen molar-refractivity contribution in [2.24, 2.45) is 11.8 Å². The number of hydrogen-bond acceptors (Lipinski definition) is 11. The Hall–Kier alpha value is -5.17. The van der Waals surface area contributed by atoms with Gasteiger partial charge in [-0.05, 0) is 74.8 Å². The first-order valence-electron chi connectivity index (χ1n) is 17.6. The van der Waals surface area contributed by atoms with Crippen LogP contribution in [0.15, 0.2) is 48.8 Å². The molecule has 2 saturated carbocycles. The molecule has 13 heteroatoms. The zero-order valence-corrected chi connectivity index (χ0v) is 27.7. The fourth-order valence-corrected chi connectivity index (χ4v) is 7.41. The number of amides is 4. The van der Waals surface area contributed by atoms with Crippen LogP contribution in [0, 0.1) is 17.2 Å². The number of hydrogen-bond donors (Lipinski definition) is 4. The Morgan fingerprint density at radius 3 is 2.60 bits per heavy atom. The molecule has 0 bridgehead atoms. The Bertz CT molecular complexity index is 1930. The number of rotatable bonds is 11. The highest BCUT2D eigenvalue weighted by atomic mass is 16.5. The number of fused-ring (bicyclic) bond motifs is 2. The fourth-order valence-electron chi connectivity index (χ4n) is 7.41. The number of benzene rings is 2. The van der Waals surface area contributed by atoms with Gasteiger partial charge < -0.3 is 25.7 Å². The number of para-hydroxylation sites is 1. The summed E-state index contributed by atoms with van der Waals surface area (Å²) in [4.78, 5) is 63.1. The molecule has 50 heavy (non-hydrogen) atoms. The highest BCUT2D eigenvalue weighted by molar-refractivity contribution is 6.24. The van der Waals surface area contributed by atoms with Gasteiger partial charge in [-0.3, -0.25) is 34.4 Å². The van der Waals surface area contributed by atoms with Crippen LogP contribution in [0.4, 0.5) is 11.4 Å². The quantitative estimate of drug-likeness (QED) is 0.174. The number of morpholine rings is 1. The zero-order chi connectivity index (χ0) is 34.4. The number of allylic oxidation sites excluding steroid dienone is 1. The Kier molecular flexibility index (Phi) is 8.51. The van der Waals surface area contributed by atoms with E-state index in [0.717, 1.165) is 83.8 Å². The molecule has 3 aliphatic heterocycles. The number of piperidine rings is 1. The van der Waals surface area contributed by atoms with Crippen molar-refractivity contribution in [2.75, 3.05) is 43.1 Å². The van der Waals surface area contributed by atoms with Crippen molar-refractivity contribution < 1.29 is 23.9 Å². The number of imide groups is 2. The van der Waals surface area contributed by atoms with E-state index in [2.05, 4.69) is 26.9 Å². The highest BCUT2D eigenvalue weighted by Crippen LogP contribution is 2.37. The SMILES string of the molecule is N=C(/C(=C\NC1CC(CCNc2ccc3c(c2)C(=O)N(C2CCC(=O)NC2=O)C3=O)C1)c1cnc2c(N3CCOCC3)cccc2n1)C1CC1. The zero-order valence-electron chi connectivity index (χ0n) is 27.7. The van der Waals surface area contributed by atoms with Crippen LogP contribution >= 0.6 is 0 Å². The third-order valence-corrected chi connectivity index (χ3v) is 10.5. The van der Waals surface area contributed by atoms with E-state index in [1.54, 1.807) is 24.4 Å². The maximum Gasteiger partial charge on any atom is 0.262 e.